The third-order valence-electron chi connectivity index (χ3n) is 3.53. The molecule has 0 bridgehead atoms. The Morgan fingerprint density at radius 3 is 2.43 bits per heavy atom. The number of carbonyl (C=O) groups is 1. The van der Waals surface area contributed by atoms with Crippen molar-refractivity contribution in [1.29, 1.82) is 0 Å². The zero-order valence-corrected chi connectivity index (χ0v) is 18.0. The van der Waals surface area contributed by atoms with E-state index in [2.05, 4.69) is 20.9 Å². The van der Waals surface area contributed by atoms with Crippen LogP contribution in [0.3, 0.4) is 0 Å². The summed E-state index contributed by atoms with van der Waals surface area (Å²) in [6.07, 6.45) is 0. The van der Waals surface area contributed by atoms with Gasteiger partial charge in [0.1, 0.15) is 0 Å². The number of aromatic nitrogens is 1. The standard InChI is InChI=1S/C17H11BrClNO2.K/c1-9-14(19)7-6-12-13(17(21)22)8-15(20-16(9)12)10-2-4-11(18)5-3-10;/h2-8H,1H3,(H,21,22);/q;+1/p-1. The van der Waals surface area contributed by atoms with Gasteiger partial charge in [-0.1, -0.05) is 45.7 Å². The molecule has 0 radical (unpaired) electrons. The van der Waals surface area contributed by atoms with Crippen LogP contribution in [0.4, 0.5) is 0 Å². The molecule has 0 atom stereocenters. The Labute approximate surface area is 189 Å². The van der Waals surface area contributed by atoms with Crippen molar-refractivity contribution < 1.29 is 61.3 Å². The van der Waals surface area contributed by atoms with Gasteiger partial charge in [-0.3, -0.25) is 0 Å². The molecule has 0 unspecified atom stereocenters. The second-order valence-electron chi connectivity index (χ2n) is 4.92. The maximum Gasteiger partial charge on any atom is 1.00 e. The number of carboxylic acids is 1. The second kappa shape index (κ2) is 7.74. The van der Waals surface area contributed by atoms with Crippen molar-refractivity contribution in [3.8, 4) is 11.3 Å². The number of rotatable bonds is 2. The van der Waals surface area contributed by atoms with Gasteiger partial charge in [-0.2, -0.15) is 0 Å². The summed E-state index contributed by atoms with van der Waals surface area (Å²) in [4.78, 5) is 16.1. The summed E-state index contributed by atoms with van der Waals surface area (Å²) >= 11 is 9.50. The molecule has 0 aliphatic heterocycles. The Morgan fingerprint density at radius 2 is 1.83 bits per heavy atom. The van der Waals surface area contributed by atoms with E-state index in [0.717, 1.165) is 15.6 Å². The summed E-state index contributed by atoms with van der Waals surface area (Å²) in [7, 11) is 0. The molecule has 23 heavy (non-hydrogen) atoms. The van der Waals surface area contributed by atoms with E-state index in [4.69, 9.17) is 11.6 Å². The van der Waals surface area contributed by atoms with Crippen molar-refractivity contribution in [1.82, 2.24) is 4.98 Å². The van der Waals surface area contributed by atoms with Gasteiger partial charge in [0.25, 0.3) is 0 Å². The molecular formula is C17H10BrClKNO2. The van der Waals surface area contributed by atoms with Crippen LogP contribution in [0.5, 0.6) is 0 Å². The normalized spacial score (nSPS) is 10.4. The van der Waals surface area contributed by atoms with Gasteiger partial charge >= 0.3 is 51.4 Å². The topological polar surface area (TPSA) is 53.0 Å². The molecule has 0 fully saturated rings. The number of pyridine rings is 1. The van der Waals surface area contributed by atoms with Crippen LogP contribution in [-0.2, 0) is 0 Å². The summed E-state index contributed by atoms with van der Waals surface area (Å²) in [6, 6.07) is 12.4. The fraction of sp³-hybridized carbons (Fsp3) is 0.0588. The SMILES string of the molecule is Cc1c(Cl)ccc2c(C(=O)[O-])cc(-c3ccc(Br)cc3)nc12.[K+]. The first-order valence-corrected chi connectivity index (χ1v) is 7.71. The van der Waals surface area contributed by atoms with Crippen molar-refractivity contribution in [2.24, 2.45) is 0 Å². The summed E-state index contributed by atoms with van der Waals surface area (Å²) in [5.74, 6) is -1.23. The molecule has 1 aromatic heterocycles. The zero-order chi connectivity index (χ0) is 15.9. The minimum atomic E-state index is -1.23. The van der Waals surface area contributed by atoms with Crippen LogP contribution in [0.1, 0.15) is 15.9 Å². The van der Waals surface area contributed by atoms with E-state index in [-0.39, 0.29) is 56.9 Å². The summed E-state index contributed by atoms with van der Waals surface area (Å²) in [5.41, 5.74) is 2.84. The third kappa shape index (κ3) is 3.87. The Hall–Kier alpha value is -0.274. The average Bonchev–Trinajstić information content (AvgIpc) is 2.51. The number of aryl methyl sites for hydroxylation is 1. The number of benzene rings is 2. The maximum absolute atomic E-state index is 11.5. The molecule has 0 amide bonds. The molecule has 0 spiro atoms. The molecule has 110 valence electrons. The van der Waals surface area contributed by atoms with E-state index in [1.54, 1.807) is 12.1 Å². The third-order valence-corrected chi connectivity index (χ3v) is 4.47. The van der Waals surface area contributed by atoms with Gasteiger partial charge in [0.15, 0.2) is 0 Å². The van der Waals surface area contributed by atoms with E-state index in [1.165, 1.54) is 6.07 Å². The van der Waals surface area contributed by atoms with Gasteiger partial charge < -0.3 is 9.90 Å². The molecule has 3 nitrogen and oxygen atoms in total. The molecule has 0 aliphatic rings. The average molecular weight is 415 g/mol. The van der Waals surface area contributed by atoms with E-state index < -0.39 is 5.97 Å². The fourth-order valence-corrected chi connectivity index (χ4v) is 2.76. The molecule has 0 N–H and O–H groups in total. The van der Waals surface area contributed by atoms with Crippen LogP contribution in [0.2, 0.25) is 5.02 Å². The molecule has 1 heterocycles. The number of aromatic carboxylic acids is 1. The number of fused-ring (bicyclic) bond motifs is 1. The van der Waals surface area contributed by atoms with Gasteiger partial charge in [0.2, 0.25) is 0 Å². The molecule has 2 aromatic carbocycles. The van der Waals surface area contributed by atoms with Gasteiger partial charge in [-0.15, -0.1) is 0 Å². The minimum Gasteiger partial charge on any atom is -0.545 e. The smallest absolute Gasteiger partial charge is 0.545 e. The van der Waals surface area contributed by atoms with Crippen LogP contribution in [-0.4, -0.2) is 11.0 Å². The molecule has 0 saturated carbocycles. The maximum atomic E-state index is 11.5. The van der Waals surface area contributed by atoms with E-state index in [1.807, 2.05) is 31.2 Å². The van der Waals surface area contributed by atoms with Crippen LogP contribution >= 0.6 is 27.5 Å². The molecule has 3 aromatic rings. The number of halogens is 2. The Bertz CT molecular complexity index is 897. The second-order valence-corrected chi connectivity index (χ2v) is 6.24. The minimum absolute atomic E-state index is 0. The van der Waals surface area contributed by atoms with Crippen molar-refractivity contribution in [2.75, 3.05) is 0 Å². The fourth-order valence-electron chi connectivity index (χ4n) is 2.34. The largest absolute Gasteiger partial charge is 1.00 e. The van der Waals surface area contributed by atoms with Crippen molar-refractivity contribution >= 4 is 44.4 Å². The molecule has 0 saturated heterocycles. The van der Waals surface area contributed by atoms with E-state index in [0.29, 0.717) is 21.6 Å². The zero-order valence-electron chi connectivity index (χ0n) is 12.6. The number of carbonyl (C=O) groups excluding carboxylic acids is 1. The number of nitrogens with zero attached hydrogens (tertiary/aromatic N) is 1. The van der Waals surface area contributed by atoms with Crippen molar-refractivity contribution in [3.63, 3.8) is 0 Å². The van der Waals surface area contributed by atoms with Gasteiger partial charge in [-0.25, -0.2) is 4.98 Å². The Balaban J connectivity index is 0.00000192. The monoisotopic (exact) mass is 413 g/mol. The molecule has 6 heteroatoms. The van der Waals surface area contributed by atoms with Crippen LogP contribution in [0.25, 0.3) is 22.2 Å². The van der Waals surface area contributed by atoms with Crippen LogP contribution < -0.4 is 56.5 Å². The molecular weight excluding hydrogens is 405 g/mol. The first kappa shape index (κ1) is 19.1. The first-order valence-electron chi connectivity index (χ1n) is 6.54. The quantitative estimate of drug-likeness (QED) is 0.588. The van der Waals surface area contributed by atoms with Gasteiger partial charge in [0, 0.05) is 26.0 Å². The number of hydrogen-bond donors (Lipinski definition) is 0. The number of hydrogen-bond acceptors (Lipinski definition) is 3. The predicted molar refractivity (Wildman–Crippen MR) is 89.0 cm³/mol. The predicted octanol–water partition coefficient (Wildman–Crippen LogP) is 0.994. The van der Waals surface area contributed by atoms with Crippen molar-refractivity contribution in [2.45, 2.75) is 6.92 Å². The Kier molecular flexibility index (Phi) is 6.41. The molecule has 0 aliphatic carbocycles. The van der Waals surface area contributed by atoms with Crippen LogP contribution in [0.15, 0.2) is 46.9 Å². The van der Waals surface area contributed by atoms with E-state index >= 15 is 0 Å². The van der Waals surface area contributed by atoms with Gasteiger partial charge in [0.05, 0.1) is 17.2 Å². The molecule has 3 rings (SSSR count). The van der Waals surface area contributed by atoms with E-state index in [9.17, 15) is 9.90 Å². The first-order chi connectivity index (χ1) is 10.5. The summed E-state index contributed by atoms with van der Waals surface area (Å²) in [6.45, 7) is 1.82. The van der Waals surface area contributed by atoms with Crippen molar-refractivity contribution in [3.05, 3.63) is 63.1 Å². The number of carboxylic acid groups (broad SMARTS) is 1. The summed E-state index contributed by atoms with van der Waals surface area (Å²) < 4.78 is 0.941. The van der Waals surface area contributed by atoms with Gasteiger partial charge in [-0.05, 0) is 36.8 Å². The van der Waals surface area contributed by atoms with Crippen LogP contribution in [0, 0.1) is 6.92 Å². The summed E-state index contributed by atoms with van der Waals surface area (Å²) in [5, 5.41) is 12.6. The Morgan fingerprint density at radius 1 is 1.17 bits per heavy atom.